The van der Waals surface area contributed by atoms with Crippen LogP contribution in [-0.2, 0) is 12.8 Å². The number of anilines is 1. The first-order chi connectivity index (χ1) is 7.78. The highest BCUT2D eigenvalue weighted by molar-refractivity contribution is 5.91. The second-order valence-corrected chi connectivity index (χ2v) is 3.86. The second kappa shape index (κ2) is 4.49. The van der Waals surface area contributed by atoms with Crippen molar-refractivity contribution in [3.05, 3.63) is 35.5 Å². The summed E-state index contributed by atoms with van der Waals surface area (Å²) in [7, 11) is 0. The van der Waals surface area contributed by atoms with E-state index in [1.165, 1.54) is 5.56 Å². The van der Waals surface area contributed by atoms with E-state index in [4.69, 9.17) is 5.84 Å². The molecule has 0 unspecified atom stereocenters. The average Bonchev–Trinajstić information content (AvgIpc) is 2.36. The monoisotopic (exact) mass is 215 g/mol. The molecule has 1 heterocycles. The predicted octanol–water partition coefficient (Wildman–Crippen LogP) is 2.65. The van der Waals surface area contributed by atoms with E-state index < -0.39 is 0 Å². The van der Waals surface area contributed by atoms with Gasteiger partial charge in [0.1, 0.15) is 0 Å². The van der Waals surface area contributed by atoms with E-state index in [1.54, 1.807) is 0 Å². The predicted molar refractivity (Wildman–Crippen MR) is 68.3 cm³/mol. The zero-order valence-electron chi connectivity index (χ0n) is 9.75. The zero-order chi connectivity index (χ0) is 11.5. The normalized spacial score (nSPS) is 10.7. The number of aromatic nitrogens is 1. The van der Waals surface area contributed by atoms with Crippen LogP contribution in [-0.4, -0.2) is 4.98 Å². The number of fused-ring (bicyclic) bond motifs is 1. The van der Waals surface area contributed by atoms with Crippen LogP contribution in [0.15, 0.2) is 24.3 Å². The van der Waals surface area contributed by atoms with E-state index in [0.717, 1.165) is 35.1 Å². The lowest BCUT2D eigenvalue weighted by Crippen LogP contribution is -2.08. The highest BCUT2D eigenvalue weighted by Gasteiger charge is 2.04. The molecule has 2 rings (SSSR count). The molecule has 16 heavy (non-hydrogen) atoms. The molecule has 0 aliphatic rings. The molecule has 0 aliphatic carbocycles. The Bertz CT molecular complexity index is 506. The summed E-state index contributed by atoms with van der Waals surface area (Å²) in [5.74, 6) is 5.55. The van der Waals surface area contributed by atoms with E-state index in [-0.39, 0.29) is 0 Å². The van der Waals surface area contributed by atoms with Crippen molar-refractivity contribution in [2.24, 2.45) is 5.84 Å². The lowest BCUT2D eigenvalue weighted by molar-refractivity contribution is 1.05. The molecule has 0 atom stereocenters. The van der Waals surface area contributed by atoms with Crippen molar-refractivity contribution in [2.75, 3.05) is 5.43 Å². The minimum absolute atomic E-state index is 0.917. The molecule has 0 saturated heterocycles. The molecule has 0 fully saturated rings. The van der Waals surface area contributed by atoms with Gasteiger partial charge in [-0.2, -0.15) is 0 Å². The van der Waals surface area contributed by atoms with Gasteiger partial charge in [0.15, 0.2) is 0 Å². The average molecular weight is 215 g/mol. The van der Waals surface area contributed by atoms with Gasteiger partial charge in [0.05, 0.1) is 11.2 Å². The van der Waals surface area contributed by atoms with Crippen molar-refractivity contribution in [2.45, 2.75) is 26.7 Å². The number of nitrogens with one attached hydrogen (secondary N) is 1. The molecular weight excluding hydrogens is 198 g/mol. The third-order valence-electron chi connectivity index (χ3n) is 2.85. The van der Waals surface area contributed by atoms with E-state index in [0.29, 0.717) is 0 Å². The van der Waals surface area contributed by atoms with Gasteiger partial charge in [0.2, 0.25) is 0 Å². The minimum atomic E-state index is 0.917. The Morgan fingerprint density at radius 2 is 2.00 bits per heavy atom. The molecule has 1 aromatic carbocycles. The van der Waals surface area contributed by atoms with Gasteiger partial charge in [-0.3, -0.25) is 10.8 Å². The maximum Gasteiger partial charge on any atom is 0.0726 e. The van der Waals surface area contributed by atoms with Gasteiger partial charge >= 0.3 is 0 Å². The Hall–Kier alpha value is -1.61. The van der Waals surface area contributed by atoms with Crippen LogP contribution in [0.1, 0.15) is 25.1 Å². The standard InChI is InChI=1S/C13H17N3/c1-3-9-5-6-12-11(7-9)13(16-14)8-10(4-2)15-12/h5-8H,3-4,14H2,1-2H3,(H,15,16). The number of rotatable bonds is 3. The summed E-state index contributed by atoms with van der Waals surface area (Å²) in [6.45, 7) is 4.24. The number of hydrazine groups is 1. The lowest BCUT2D eigenvalue weighted by Gasteiger charge is -2.09. The number of hydrogen-bond acceptors (Lipinski definition) is 3. The molecule has 3 nitrogen and oxygen atoms in total. The Labute approximate surface area is 95.7 Å². The molecule has 2 aromatic rings. The van der Waals surface area contributed by atoms with Crippen molar-refractivity contribution in [1.82, 2.24) is 4.98 Å². The van der Waals surface area contributed by atoms with Crippen LogP contribution >= 0.6 is 0 Å². The summed E-state index contributed by atoms with van der Waals surface area (Å²) in [4.78, 5) is 4.58. The number of aryl methyl sites for hydroxylation is 2. The molecular formula is C13H17N3. The summed E-state index contributed by atoms with van der Waals surface area (Å²) >= 11 is 0. The fraction of sp³-hybridized carbons (Fsp3) is 0.308. The largest absolute Gasteiger partial charge is 0.323 e. The Morgan fingerprint density at radius 1 is 1.19 bits per heavy atom. The topological polar surface area (TPSA) is 50.9 Å². The van der Waals surface area contributed by atoms with Crippen molar-refractivity contribution < 1.29 is 0 Å². The molecule has 1 aromatic heterocycles. The number of benzene rings is 1. The fourth-order valence-electron chi connectivity index (χ4n) is 1.85. The van der Waals surface area contributed by atoms with Crippen molar-refractivity contribution in [1.29, 1.82) is 0 Å². The molecule has 3 N–H and O–H groups in total. The maximum atomic E-state index is 5.55. The molecule has 0 saturated carbocycles. The molecule has 0 radical (unpaired) electrons. The van der Waals surface area contributed by atoms with Crippen LogP contribution < -0.4 is 11.3 Å². The van der Waals surface area contributed by atoms with Crippen LogP contribution in [0.4, 0.5) is 5.69 Å². The quantitative estimate of drug-likeness (QED) is 0.611. The third-order valence-corrected chi connectivity index (χ3v) is 2.85. The maximum absolute atomic E-state index is 5.55. The van der Waals surface area contributed by atoms with Crippen molar-refractivity contribution in [3.8, 4) is 0 Å². The number of nitrogens with zero attached hydrogens (tertiary/aromatic N) is 1. The summed E-state index contributed by atoms with van der Waals surface area (Å²) < 4.78 is 0. The molecule has 0 spiro atoms. The number of nitrogen functional groups attached to an aromatic ring is 1. The Morgan fingerprint density at radius 3 is 2.62 bits per heavy atom. The van der Waals surface area contributed by atoms with Crippen LogP contribution in [0.25, 0.3) is 10.9 Å². The third kappa shape index (κ3) is 1.86. The van der Waals surface area contributed by atoms with Crippen molar-refractivity contribution >= 4 is 16.6 Å². The van der Waals surface area contributed by atoms with Gasteiger partial charge in [-0.25, -0.2) is 0 Å². The highest BCUT2D eigenvalue weighted by Crippen LogP contribution is 2.24. The van der Waals surface area contributed by atoms with Gasteiger partial charge < -0.3 is 5.43 Å². The molecule has 0 aliphatic heterocycles. The second-order valence-electron chi connectivity index (χ2n) is 3.86. The fourth-order valence-corrected chi connectivity index (χ4v) is 1.85. The Balaban J connectivity index is 2.69. The van der Waals surface area contributed by atoms with Crippen molar-refractivity contribution in [3.63, 3.8) is 0 Å². The van der Waals surface area contributed by atoms with Gasteiger partial charge in [-0.15, -0.1) is 0 Å². The van der Waals surface area contributed by atoms with Crippen LogP contribution in [0, 0.1) is 0 Å². The minimum Gasteiger partial charge on any atom is -0.323 e. The number of pyridine rings is 1. The van der Waals surface area contributed by atoms with Gasteiger partial charge in [-0.05, 0) is 36.6 Å². The molecule has 0 amide bonds. The molecule has 84 valence electrons. The Kier molecular flexibility index (Phi) is 3.06. The number of hydrogen-bond donors (Lipinski definition) is 2. The van der Waals surface area contributed by atoms with E-state index >= 15 is 0 Å². The van der Waals surface area contributed by atoms with E-state index in [2.05, 4.69) is 42.5 Å². The van der Waals surface area contributed by atoms with E-state index in [9.17, 15) is 0 Å². The molecule has 0 bridgehead atoms. The smallest absolute Gasteiger partial charge is 0.0726 e. The zero-order valence-corrected chi connectivity index (χ0v) is 9.75. The first-order valence-electron chi connectivity index (χ1n) is 5.67. The lowest BCUT2D eigenvalue weighted by atomic mass is 10.1. The first kappa shape index (κ1) is 10.9. The van der Waals surface area contributed by atoms with Crippen LogP contribution in [0.3, 0.4) is 0 Å². The SMILES string of the molecule is CCc1ccc2nc(CC)cc(NN)c2c1. The summed E-state index contributed by atoms with van der Waals surface area (Å²) in [6, 6.07) is 8.35. The first-order valence-corrected chi connectivity index (χ1v) is 5.67. The summed E-state index contributed by atoms with van der Waals surface area (Å²) in [5, 5.41) is 1.10. The van der Waals surface area contributed by atoms with Gasteiger partial charge in [0.25, 0.3) is 0 Å². The highest BCUT2D eigenvalue weighted by atomic mass is 15.2. The number of nitrogens with two attached hydrogens (primary N) is 1. The summed E-state index contributed by atoms with van der Waals surface area (Å²) in [5.41, 5.74) is 7.08. The van der Waals surface area contributed by atoms with Gasteiger partial charge in [-0.1, -0.05) is 19.9 Å². The van der Waals surface area contributed by atoms with Gasteiger partial charge in [0, 0.05) is 11.1 Å². The van der Waals surface area contributed by atoms with E-state index in [1.807, 2.05) is 6.07 Å². The molecule has 3 heteroatoms. The van der Waals surface area contributed by atoms with Crippen LogP contribution in [0.2, 0.25) is 0 Å². The van der Waals surface area contributed by atoms with Crippen LogP contribution in [0.5, 0.6) is 0 Å². The summed E-state index contributed by atoms with van der Waals surface area (Å²) in [6.07, 6.45) is 1.94.